The number of ether oxygens (including phenoxy) is 1. The molecule has 1 heterocycles. The van der Waals surface area contributed by atoms with Crippen molar-refractivity contribution in [3.05, 3.63) is 45.0 Å². The molecule has 0 saturated heterocycles. The van der Waals surface area contributed by atoms with E-state index in [9.17, 15) is 0 Å². The first kappa shape index (κ1) is 12.4. The first-order chi connectivity index (χ1) is 8.06. The maximum absolute atomic E-state index is 5.70. The van der Waals surface area contributed by atoms with Gasteiger partial charge in [0.25, 0.3) is 0 Å². The van der Waals surface area contributed by atoms with Crippen molar-refractivity contribution in [3.63, 3.8) is 0 Å². The number of nitrogen functional groups attached to an aromatic ring is 1. The Morgan fingerprint density at radius 2 is 1.94 bits per heavy atom. The van der Waals surface area contributed by atoms with Crippen LogP contribution in [0.5, 0.6) is 11.6 Å². The van der Waals surface area contributed by atoms with Gasteiger partial charge >= 0.3 is 0 Å². The Balaban J connectivity index is 2.28. The van der Waals surface area contributed by atoms with Crippen molar-refractivity contribution < 1.29 is 4.74 Å². The van der Waals surface area contributed by atoms with Gasteiger partial charge in [-0.2, -0.15) is 0 Å². The van der Waals surface area contributed by atoms with Crippen molar-refractivity contribution in [1.29, 1.82) is 0 Å². The van der Waals surface area contributed by atoms with Gasteiger partial charge in [0.1, 0.15) is 5.75 Å². The van der Waals surface area contributed by atoms with E-state index < -0.39 is 0 Å². The van der Waals surface area contributed by atoms with Crippen LogP contribution in [0.3, 0.4) is 0 Å². The normalized spacial score (nSPS) is 10.3. The maximum Gasteiger partial charge on any atom is 0.219 e. The van der Waals surface area contributed by atoms with Gasteiger partial charge in [0, 0.05) is 10.5 Å². The molecule has 3 nitrogen and oxygen atoms in total. The summed E-state index contributed by atoms with van der Waals surface area (Å²) in [5.41, 5.74) is 7.12. The second-order valence-corrected chi connectivity index (χ2v) is 5.27. The van der Waals surface area contributed by atoms with Crippen molar-refractivity contribution in [2.45, 2.75) is 6.92 Å². The second-order valence-electron chi connectivity index (χ2n) is 3.50. The summed E-state index contributed by atoms with van der Waals surface area (Å²) in [5.74, 6) is 1.24. The number of benzene rings is 1. The van der Waals surface area contributed by atoms with Gasteiger partial charge in [-0.05, 0) is 47.1 Å². The fraction of sp³-hybridized carbons (Fsp3) is 0.0833. The molecule has 0 unspecified atom stereocenters. The molecule has 0 fully saturated rings. The van der Waals surface area contributed by atoms with E-state index in [1.807, 2.05) is 25.1 Å². The summed E-state index contributed by atoms with van der Waals surface area (Å²) in [7, 11) is 0. The highest BCUT2D eigenvalue weighted by atomic mass is 79.9. The summed E-state index contributed by atoms with van der Waals surface area (Å²) in [6.45, 7) is 1.85. The largest absolute Gasteiger partial charge is 0.438 e. The highest BCUT2D eigenvalue weighted by Gasteiger charge is 2.05. The molecule has 5 heteroatoms. The molecule has 0 saturated carbocycles. The number of anilines is 1. The van der Waals surface area contributed by atoms with Gasteiger partial charge in [-0.15, -0.1) is 0 Å². The Bertz CT molecular complexity index is 558. The van der Waals surface area contributed by atoms with Gasteiger partial charge in [-0.25, -0.2) is 4.98 Å². The summed E-state index contributed by atoms with van der Waals surface area (Å²) in [6, 6.07) is 9.21. The summed E-state index contributed by atoms with van der Waals surface area (Å²) in [5, 5.41) is 0. The van der Waals surface area contributed by atoms with Crippen LogP contribution in [0.1, 0.15) is 5.69 Å². The molecular formula is C12H10Br2N2O. The Morgan fingerprint density at radius 3 is 2.59 bits per heavy atom. The average molecular weight is 358 g/mol. The number of nitrogens with two attached hydrogens (primary N) is 1. The van der Waals surface area contributed by atoms with E-state index in [1.54, 1.807) is 12.1 Å². The van der Waals surface area contributed by atoms with Gasteiger partial charge in [0.2, 0.25) is 5.88 Å². The minimum atomic E-state index is 0.528. The van der Waals surface area contributed by atoms with Crippen LogP contribution in [0.2, 0.25) is 0 Å². The number of aromatic nitrogens is 1. The van der Waals surface area contributed by atoms with Crippen molar-refractivity contribution in [2.75, 3.05) is 5.73 Å². The zero-order valence-corrected chi connectivity index (χ0v) is 12.2. The lowest BCUT2D eigenvalue weighted by molar-refractivity contribution is 0.459. The molecule has 17 heavy (non-hydrogen) atoms. The van der Waals surface area contributed by atoms with E-state index >= 15 is 0 Å². The lowest BCUT2D eigenvalue weighted by atomic mass is 10.3. The minimum absolute atomic E-state index is 0.528. The van der Waals surface area contributed by atoms with Crippen LogP contribution in [-0.2, 0) is 0 Å². The predicted molar refractivity (Wildman–Crippen MR) is 75.3 cm³/mol. The fourth-order valence-corrected chi connectivity index (χ4v) is 2.40. The summed E-state index contributed by atoms with van der Waals surface area (Å²) >= 11 is 6.82. The van der Waals surface area contributed by atoms with Crippen LogP contribution in [-0.4, -0.2) is 4.98 Å². The van der Waals surface area contributed by atoms with Gasteiger partial charge in [0.15, 0.2) is 0 Å². The zero-order chi connectivity index (χ0) is 12.4. The lowest BCUT2D eigenvalue weighted by Crippen LogP contribution is -1.95. The molecule has 0 aliphatic heterocycles. The molecule has 0 atom stereocenters. The van der Waals surface area contributed by atoms with Crippen LogP contribution in [0, 0.1) is 6.92 Å². The number of aryl methyl sites for hydroxylation is 1. The smallest absolute Gasteiger partial charge is 0.219 e. The molecule has 88 valence electrons. The number of pyridine rings is 1. The number of rotatable bonds is 2. The molecule has 2 rings (SSSR count). The Kier molecular flexibility index (Phi) is 3.69. The molecule has 0 radical (unpaired) electrons. The highest BCUT2D eigenvalue weighted by Crippen LogP contribution is 2.31. The van der Waals surface area contributed by atoms with E-state index in [4.69, 9.17) is 10.5 Å². The van der Waals surface area contributed by atoms with Crippen molar-refractivity contribution in [2.24, 2.45) is 0 Å². The molecule has 2 aromatic rings. The average Bonchev–Trinajstić information content (AvgIpc) is 2.27. The summed E-state index contributed by atoms with van der Waals surface area (Å²) in [6.07, 6.45) is 0. The maximum atomic E-state index is 5.70. The van der Waals surface area contributed by atoms with Crippen molar-refractivity contribution in [3.8, 4) is 11.6 Å². The van der Waals surface area contributed by atoms with Crippen LogP contribution >= 0.6 is 31.9 Å². The third-order valence-electron chi connectivity index (χ3n) is 2.21. The van der Waals surface area contributed by atoms with E-state index in [1.165, 1.54) is 0 Å². The lowest BCUT2D eigenvalue weighted by Gasteiger charge is -2.08. The molecule has 1 aromatic carbocycles. The fourth-order valence-electron chi connectivity index (χ4n) is 1.28. The molecule has 0 bridgehead atoms. The number of halogens is 2. The molecular weight excluding hydrogens is 348 g/mol. The summed E-state index contributed by atoms with van der Waals surface area (Å²) < 4.78 is 7.51. The first-order valence-electron chi connectivity index (χ1n) is 4.92. The number of hydrogen-bond donors (Lipinski definition) is 1. The van der Waals surface area contributed by atoms with Crippen LogP contribution in [0.25, 0.3) is 0 Å². The van der Waals surface area contributed by atoms with E-state index in [0.717, 1.165) is 14.6 Å². The van der Waals surface area contributed by atoms with Crippen molar-refractivity contribution >= 4 is 37.5 Å². The van der Waals surface area contributed by atoms with Crippen molar-refractivity contribution in [1.82, 2.24) is 4.98 Å². The number of hydrogen-bond acceptors (Lipinski definition) is 3. The Labute approximate surface area is 116 Å². The Morgan fingerprint density at radius 1 is 1.18 bits per heavy atom. The summed E-state index contributed by atoms with van der Waals surface area (Å²) in [4.78, 5) is 4.25. The standard InChI is InChI=1S/C12H10Br2N2O/c1-7-10(15)3-5-12(16-7)17-11-4-2-8(13)6-9(11)14/h2-6H,15H2,1H3. The molecule has 0 aliphatic rings. The zero-order valence-electron chi connectivity index (χ0n) is 9.08. The van der Waals surface area contributed by atoms with Gasteiger partial charge < -0.3 is 10.5 Å². The Hall–Kier alpha value is -1.07. The predicted octanol–water partition coefficient (Wildman–Crippen LogP) is 4.29. The number of nitrogens with zero attached hydrogens (tertiary/aromatic N) is 1. The van der Waals surface area contributed by atoms with Crippen LogP contribution in [0.4, 0.5) is 5.69 Å². The minimum Gasteiger partial charge on any atom is -0.438 e. The highest BCUT2D eigenvalue weighted by molar-refractivity contribution is 9.11. The quantitative estimate of drug-likeness (QED) is 0.872. The van der Waals surface area contributed by atoms with E-state index in [0.29, 0.717) is 17.3 Å². The topological polar surface area (TPSA) is 48.1 Å². The van der Waals surface area contributed by atoms with Gasteiger partial charge in [-0.1, -0.05) is 15.9 Å². The monoisotopic (exact) mass is 356 g/mol. The SMILES string of the molecule is Cc1nc(Oc2ccc(Br)cc2Br)ccc1N. The van der Waals surface area contributed by atoms with Crippen LogP contribution in [0.15, 0.2) is 39.3 Å². The third kappa shape index (κ3) is 2.98. The second kappa shape index (κ2) is 5.06. The third-order valence-corrected chi connectivity index (χ3v) is 3.32. The van der Waals surface area contributed by atoms with Crippen LogP contribution < -0.4 is 10.5 Å². The molecule has 0 aliphatic carbocycles. The molecule has 1 aromatic heterocycles. The van der Waals surface area contributed by atoms with E-state index in [2.05, 4.69) is 36.8 Å². The van der Waals surface area contributed by atoms with Gasteiger partial charge in [0.05, 0.1) is 15.9 Å². The molecule has 0 spiro atoms. The molecule has 2 N–H and O–H groups in total. The van der Waals surface area contributed by atoms with Gasteiger partial charge in [-0.3, -0.25) is 0 Å². The molecule has 0 amide bonds. The van der Waals surface area contributed by atoms with E-state index in [-0.39, 0.29) is 0 Å². The first-order valence-corrected chi connectivity index (χ1v) is 6.51.